The zero-order valence-electron chi connectivity index (χ0n) is 19.3. The Labute approximate surface area is 201 Å². The molecule has 2 aromatic carbocycles. The van der Waals surface area contributed by atoms with Gasteiger partial charge in [-0.2, -0.15) is 0 Å². The van der Waals surface area contributed by atoms with Crippen LogP contribution in [-0.2, 0) is 26.2 Å². The molecule has 7 nitrogen and oxygen atoms in total. The van der Waals surface area contributed by atoms with Crippen LogP contribution in [0.2, 0.25) is 5.02 Å². The van der Waals surface area contributed by atoms with Crippen LogP contribution < -0.4 is 9.62 Å². The first-order valence-corrected chi connectivity index (χ1v) is 13.2. The Morgan fingerprint density at radius 3 is 2.24 bits per heavy atom. The van der Waals surface area contributed by atoms with Gasteiger partial charge in [-0.3, -0.25) is 13.9 Å². The number of unbranched alkanes of at least 4 members (excludes halogenated alkanes) is 1. The maximum atomic E-state index is 13.5. The standard InChI is InChI=1S/C24H32ClN3O4S/c1-4-6-16-26-24(30)22(5-2)27(17-19-12-10-11-15-21(19)25)23(29)18-28(33(3,31)32)20-13-8-7-9-14-20/h7-15,22H,4-6,16-18H2,1-3H3,(H,26,30)/t22-/m0/s1. The van der Waals surface area contributed by atoms with Gasteiger partial charge in [-0.15, -0.1) is 0 Å². The minimum atomic E-state index is -3.74. The van der Waals surface area contributed by atoms with Crippen molar-refractivity contribution in [2.45, 2.75) is 45.7 Å². The van der Waals surface area contributed by atoms with Crippen LogP contribution in [0.4, 0.5) is 5.69 Å². The summed E-state index contributed by atoms with van der Waals surface area (Å²) in [6, 6.07) is 14.8. The number of anilines is 1. The quantitative estimate of drug-likeness (QED) is 0.455. The Morgan fingerprint density at radius 2 is 1.67 bits per heavy atom. The molecule has 0 unspecified atom stereocenters. The van der Waals surface area contributed by atoms with E-state index in [0.29, 0.717) is 29.2 Å². The molecular formula is C24H32ClN3O4S. The number of amides is 2. The molecule has 0 aliphatic carbocycles. The first kappa shape index (κ1) is 26.7. The lowest BCUT2D eigenvalue weighted by Gasteiger charge is -2.33. The summed E-state index contributed by atoms with van der Waals surface area (Å²) < 4.78 is 26.1. The number of benzene rings is 2. The van der Waals surface area contributed by atoms with E-state index in [1.165, 1.54) is 4.90 Å². The Bertz CT molecular complexity index is 1030. The summed E-state index contributed by atoms with van der Waals surface area (Å²) in [4.78, 5) is 27.9. The molecule has 2 aromatic rings. The lowest BCUT2D eigenvalue weighted by atomic mass is 10.1. The zero-order chi connectivity index (χ0) is 24.4. The molecule has 0 saturated carbocycles. The van der Waals surface area contributed by atoms with Gasteiger partial charge in [0.15, 0.2) is 0 Å². The van der Waals surface area contributed by atoms with Gasteiger partial charge in [0.25, 0.3) is 0 Å². The molecule has 33 heavy (non-hydrogen) atoms. The molecule has 0 heterocycles. The van der Waals surface area contributed by atoms with E-state index >= 15 is 0 Å². The second-order valence-electron chi connectivity index (χ2n) is 7.79. The van der Waals surface area contributed by atoms with Crippen LogP contribution in [0.15, 0.2) is 54.6 Å². The third-order valence-corrected chi connectivity index (χ3v) is 6.75. The molecule has 2 amide bonds. The first-order chi connectivity index (χ1) is 15.7. The van der Waals surface area contributed by atoms with Gasteiger partial charge in [-0.25, -0.2) is 8.42 Å². The molecule has 180 valence electrons. The molecule has 1 atom stereocenters. The minimum Gasteiger partial charge on any atom is -0.354 e. The van der Waals surface area contributed by atoms with Crippen molar-refractivity contribution in [3.8, 4) is 0 Å². The number of rotatable bonds is 12. The number of hydrogen-bond donors (Lipinski definition) is 1. The molecule has 0 bridgehead atoms. The lowest BCUT2D eigenvalue weighted by molar-refractivity contribution is -0.140. The highest BCUT2D eigenvalue weighted by atomic mass is 35.5. The number of nitrogens with zero attached hydrogens (tertiary/aromatic N) is 2. The molecule has 1 N–H and O–H groups in total. The van der Waals surface area contributed by atoms with E-state index in [1.807, 2.05) is 13.8 Å². The average molecular weight is 494 g/mol. The summed E-state index contributed by atoms with van der Waals surface area (Å²) in [5.74, 6) is -0.751. The van der Waals surface area contributed by atoms with E-state index in [4.69, 9.17) is 11.6 Å². The number of nitrogens with one attached hydrogen (secondary N) is 1. The maximum Gasteiger partial charge on any atom is 0.244 e. The van der Waals surface area contributed by atoms with Crippen LogP contribution >= 0.6 is 11.6 Å². The average Bonchev–Trinajstić information content (AvgIpc) is 2.78. The smallest absolute Gasteiger partial charge is 0.244 e. The van der Waals surface area contributed by atoms with Gasteiger partial charge in [-0.1, -0.05) is 68.3 Å². The number of hydrogen-bond acceptors (Lipinski definition) is 4. The Kier molecular flexibility index (Phi) is 10.2. The molecule has 0 aliphatic heterocycles. The van der Waals surface area contributed by atoms with Crippen molar-refractivity contribution >= 4 is 39.1 Å². The fraction of sp³-hybridized carbons (Fsp3) is 0.417. The van der Waals surface area contributed by atoms with Gasteiger partial charge >= 0.3 is 0 Å². The van der Waals surface area contributed by atoms with Crippen LogP contribution in [0.1, 0.15) is 38.7 Å². The minimum absolute atomic E-state index is 0.0879. The van der Waals surface area contributed by atoms with Crippen LogP contribution in [0.5, 0.6) is 0 Å². The summed E-state index contributed by atoms with van der Waals surface area (Å²) in [5, 5.41) is 3.36. The van der Waals surface area contributed by atoms with Gasteiger partial charge in [-0.05, 0) is 36.6 Å². The summed E-state index contributed by atoms with van der Waals surface area (Å²) in [6.45, 7) is 4.03. The predicted octanol–water partition coefficient (Wildman–Crippen LogP) is 3.83. The number of halogens is 1. The highest BCUT2D eigenvalue weighted by Gasteiger charge is 2.31. The molecule has 9 heteroatoms. The lowest BCUT2D eigenvalue weighted by Crippen LogP contribution is -2.52. The van der Waals surface area contributed by atoms with Crippen molar-refractivity contribution in [2.24, 2.45) is 0 Å². The van der Waals surface area contributed by atoms with Gasteiger partial charge < -0.3 is 10.2 Å². The van der Waals surface area contributed by atoms with E-state index in [2.05, 4.69) is 5.32 Å². The second kappa shape index (κ2) is 12.6. The second-order valence-corrected chi connectivity index (χ2v) is 10.1. The van der Waals surface area contributed by atoms with Crippen LogP contribution in [0.3, 0.4) is 0 Å². The molecule has 0 radical (unpaired) electrons. The SMILES string of the molecule is CCCCNC(=O)[C@H](CC)N(Cc1ccccc1Cl)C(=O)CN(c1ccccc1)S(C)(=O)=O. The number of para-hydroxylation sites is 1. The van der Waals surface area contributed by atoms with Crippen molar-refractivity contribution in [1.29, 1.82) is 0 Å². The number of sulfonamides is 1. The maximum absolute atomic E-state index is 13.5. The van der Waals surface area contributed by atoms with Crippen molar-refractivity contribution in [3.05, 3.63) is 65.2 Å². The zero-order valence-corrected chi connectivity index (χ0v) is 20.9. The van der Waals surface area contributed by atoms with Crippen molar-refractivity contribution in [2.75, 3.05) is 23.7 Å². The van der Waals surface area contributed by atoms with Gasteiger partial charge in [0.05, 0.1) is 11.9 Å². The molecule has 2 rings (SSSR count). The third-order valence-electron chi connectivity index (χ3n) is 5.24. The van der Waals surface area contributed by atoms with E-state index in [0.717, 1.165) is 23.4 Å². The molecular weight excluding hydrogens is 462 g/mol. The van der Waals surface area contributed by atoms with Gasteiger partial charge in [0.1, 0.15) is 12.6 Å². The third kappa shape index (κ3) is 7.75. The Hall–Kier alpha value is -2.58. The molecule has 0 spiro atoms. The molecule has 0 aliphatic rings. The van der Waals surface area contributed by atoms with E-state index in [-0.39, 0.29) is 12.5 Å². The summed E-state index contributed by atoms with van der Waals surface area (Å²) in [6.07, 6.45) is 3.19. The summed E-state index contributed by atoms with van der Waals surface area (Å²) in [5.41, 5.74) is 1.06. The van der Waals surface area contributed by atoms with E-state index in [9.17, 15) is 18.0 Å². The highest BCUT2D eigenvalue weighted by Crippen LogP contribution is 2.22. The number of carbonyl (C=O) groups is 2. The normalized spacial score (nSPS) is 12.1. The largest absolute Gasteiger partial charge is 0.354 e. The predicted molar refractivity (Wildman–Crippen MR) is 133 cm³/mol. The van der Waals surface area contributed by atoms with Crippen LogP contribution in [0.25, 0.3) is 0 Å². The highest BCUT2D eigenvalue weighted by molar-refractivity contribution is 7.92. The van der Waals surface area contributed by atoms with Gasteiger partial charge in [0, 0.05) is 18.1 Å². The van der Waals surface area contributed by atoms with Crippen molar-refractivity contribution < 1.29 is 18.0 Å². The van der Waals surface area contributed by atoms with Crippen molar-refractivity contribution in [3.63, 3.8) is 0 Å². The number of carbonyl (C=O) groups excluding carboxylic acids is 2. The van der Waals surface area contributed by atoms with Crippen LogP contribution in [-0.4, -0.2) is 50.5 Å². The Balaban J connectivity index is 2.38. The van der Waals surface area contributed by atoms with Gasteiger partial charge in [0.2, 0.25) is 21.8 Å². The topological polar surface area (TPSA) is 86.8 Å². The summed E-state index contributed by atoms with van der Waals surface area (Å²) >= 11 is 6.33. The molecule has 0 aromatic heterocycles. The molecule has 0 fully saturated rings. The fourth-order valence-corrected chi connectivity index (χ4v) is 4.49. The first-order valence-electron chi connectivity index (χ1n) is 11.0. The van der Waals surface area contributed by atoms with E-state index < -0.39 is 28.5 Å². The fourth-order valence-electron chi connectivity index (χ4n) is 3.44. The van der Waals surface area contributed by atoms with Crippen LogP contribution in [0, 0.1) is 0 Å². The van der Waals surface area contributed by atoms with Crippen molar-refractivity contribution in [1.82, 2.24) is 10.2 Å². The summed E-state index contributed by atoms with van der Waals surface area (Å²) in [7, 11) is -3.74. The molecule has 0 saturated heterocycles. The monoisotopic (exact) mass is 493 g/mol. The van der Waals surface area contributed by atoms with E-state index in [1.54, 1.807) is 54.6 Å². The Morgan fingerprint density at radius 1 is 1.03 bits per heavy atom.